The Morgan fingerprint density at radius 3 is 1.54 bits per heavy atom. The van der Waals surface area contributed by atoms with Gasteiger partial charge in [-0.25, -0.2) is 0 Å². The fourth-order valence-corrected chi connectivity index (χ4v) is 7.96. The summed E-state index contributed by atoms with van der Waals surface area (Å²) in [5, 5.41) is 21.2. The van der Waals surface area contributed by atoms with Gasteiger partial charge in [-0.3, -0.25) is 14.6 Å². The van der Waals surface area contributed by atoms with Crippen LogP contribution in [0.5, 0.6) is 11.5 Å². The average molecular weight is 766 g/mol. The predicted molar refractivity (Wildman–Crippen MR) is 204 cm³/mol. The van der Waals surface area contributed by atoms with Gasteiger partial charge in [-0.1, -0.05) is 101 Å². The van der Waals surface area contributed by atoms with Gasteiger partial charge in [0.15, 0.2) is 5.78 Å². The molecule has 4 aromatic carbocycles. The summed E-state index contributed by atoms with van der Waals surface area (Å²) in [7, 11) is 0. The number of hydrogen-bond acceptors (Lipinski definition) is 9. The number of rotatable bonds is 4. The summed E-state index contributed by atoms with van der Waals surface area (Å²) in [6, 6.07) is 32.0. The molecule has 0 bridgehead atoms. The molecule has 2 spiro atoms. The Balaban J connectivity index is 0.000000166. The molecule has 0 amide bonds. The molecular weight excluding hydrogens is 723 g/mol. The van der Waals surface area contributed by atoms with Gasteiger partial charge < -0.3 is 19.9 Å². The van der Waals surface area contributed by atoms with E-state index in [9.17, 15) is 10.0 Å². The van der Waals surface area contributed by atoms with Crippen LogP contribution in [0.2, 0.25) is 10.0 Å². The van der Waals surface area contributed by atoms with Gasteiger partial charge in [0.25, 0.3) is 0 Å². The van der Waals surface area contributed by atoms with E-state index in [1.807, 2.05) is 36.4 Å². The molecule has 0 atom stereocenters. The van der Waals surface area contributed by atoms with Crippen LogP contribution in [-0.4, -0.2) is 69.1 Å². The molecule has 0 aromatic heterocycles. The lowest BCUT2D eigenvalue weighted by Gasteiger charge is -2.44. The molecule has 2 fully saturated rings. The Morgan fingerprint density at radius 2 is 1.08 bits per heavy atom. The smallest absolute Gasteiger partial charge is 0.170 e. The third-order valence-corrected chi connectivity index (χ3v) is 10.9. The van der Waals surface area contributed by atoms with Crippen LogP contribution in [0, 0.1) is 0 Å². The third-order valence-electron chi connectivity index (χ3n) is 10.3. The van der Waals surface area contributed by atoms with E-state index in [2.05, 4.69) is 75.3 Å². The van der Waals surface area contributed by atoms with Crippen molar-refractivity contribution >= 4 is 46.5 Å². The molecule has 3 N–H and O–H groups in total. The number of piperidine rings is 2. The Bertz CT molecular complexity index is 1830. The highest BCUT2D eigenvalue weighted by Crippen LogP contribution is 2.44. The van der Waals surface area contributed by atoms with Gasteiger partial charge in [-0.2, -0.15) is 0 Å². The monoisotopic (exact) mass is 764 g/mol. The van der Waals surface area contributed by atoms with Crippen LogP contribution in [0.25, 0.3) is 0 Å². The normalized spacial score (nSPS) is 19.6. The van der Waals surface area contributed by atoms with E-state index in [4.69, 9.17) is 37.9 Å². The van der Waals surface area contributed by atoms with E-state index in [1.54, 1.807) is 12.1 Å². The zero-order valence-corrected chi connectivity index (χ0v) is 31.1. The molecule has 9 nitrogen and oxygen atoms in total. The van der Waals surface area contributed by atoms with E-state index in [-0.39, 0.29) is 17.0 Å². The predicted octanol–water partition coefficient (Wildman–Crippen LogP) is 8.79. The number of Topliss-reactive ketones (excluding diaryl/α,β-unsaturated/α-hetero) is 1. The number of nitrogens with zero attached hydrogens (tertiary/aromatic N) is 3. The number of para-hydroxylation sites is 2. The zero-order chi connectivity index (χ0) is 36.6. The Kier molecular flexibility index (Phi) is 12.8. The Hall–Kier alpha value is -3.67. The number of nitrogens with one attached hydrogen (secondary N) is 1. The van der Waals surface area contributed by atoms with E-state index in [1.165, 1.54) is 16.1 Å². The number of carbonyl (C=O) groups excluding carboxylic acids is 1. The van der Waals surface area contributed by atoms with Crippen LogP contribution < -0.4 is 14.5 Å². The molecule has 52 heavy (non-hydrogen) atoms. The van der Waals surface area contributed by atoms with Gasteiger partial charge >= 0.3 is 0 Å². The highest BCUT2D eigenvalue weighted by molar-refractivity contribution is 6.33. The standard InChI is InChI=1S/C20H21ClN2O2.C20H20ClNO2.ClH2NO/c21-17-8-4-7-16-18(22-24)13-20(25-19(16)17)9-11-23(12-10-20)14-15-5-2-1-3-6-15;21-17-8-4-7-16-18(23)13-20(24-19(16)17)9-11-22(12-10-20)14-15-5-2-1-3-6-15;1-2-3/h1-8,24H,9-14H2;1-8H,9-14H2;2-3H/b22-18-;;. The quantitative estimate of drug-likeness (QED) is 0.108. The van der Waals surface area contributed by atoms with Gasteiger partial charge in [0.1, 0.15) is 22.7 Å². The number of halogens is 3. The van der Waals surface area contributed by atoms with Crippen molar-refractivity contribution in [1.29, 1.82) is 0 Å². The molecule has 4 aliphatic rings. The summed E-state index contributed by atoms with van der Waals surface area (Å²) < 4.78 is 12.7. The van der Waals surface area contributed by atoms with Crippen molar-refractivity contribution in [2.24, 2.45) is 5.16 Å². The van der Waals surface area contributed by atoms with Crippen molar-refractivity contribution in [3.8, 4) is 11.5 Å². The highest BCUT2D eigenvalue weighted by atomic mass is 35.5. The van der Waals surface area contributed by atoms with Crippen LogP contribution in [0.3, 0.4) is 0 Å². The Morgan fingerprint density at radius 1 is 0.654 bits per heavy atom. The SMILES string of the molecule is O/N=C1/CC2(CCN(Cc3ccccc3)CC2)Oc2c(Cl)cccc21.O=C1CC2(CCN(Cc3ccccc3)CC2)Oc2c(Cl)cccc21.ONCl. The lowest BCUT2D eigenvalue weighted by atomic mass is 9.82. The summed E-state index contributed by atoms with van der Waals surface area (Å²) in [5.74, 6) is 1.38. The first kappa shape index (κ1) is 38.1. The van der Waals surface area contributed by atoms with Gasteiger partial charge in [0.05, 0.1) is 27.7 Å². The van der Waals surface area contributed by atoms with Crippen molar-refractivity contribution in [1.82, 2.24) is 14.8 Å². The number of fused-ring (bicyclic) bond motifs is 2. The van der Waals surface area contributed by atoms with E-state index in [0.717, 1.165) is 70.5 Å². The number of oxime groups is 1. The second-order valence-corrected chi connectivity index (χ2v) is 14.7. The second-order valence-electron chi connectivity index (χ2n) is 13.7. The lowest BCUT2D eigenvalue weighted by molar-refractivity contribution is -0.0107. The molecule has 12 heteroatoms. The third kappa shape index (κ3) is 9.09. The minimum atomic E-state index is -0.387. The van der Waals surface area contributed by atoms with Crippen LogP contribution in [0.15, 0.2) is 102 Å². The summed E-state index contributed by atoms with van der Waals surface area (Å²) in [6.07, 6.45) is 4.58. The van der Waals surface area contributed by atoms with E-state index < -0.39 is 0 Å². The molecule has 0 unspecified atom stereocenters. The van der Waals surface area contributed by atoms with Crippen molar-refractivity contribution in [3.63, 3.8) is 0 Å². The number of ether oxygens (including phenoxy) is 2. The number of ketones is 1. The summed E-state index contributed by atoms with van der Waals surface area (Å²) in [4.78, 5) is 18.6. The summed E-state index contributed by atoms with van der Waals surface area (Å²) in [5.41, 5.74) is 4.03. The highest BCUT2D eigenvalue weighted by Gasteiger charge is 2.44. The van der Waals surface area contributed by atoms with Gasteiger partial charge in [0, 0.05) is 88.7 Å². The number of likely N-dealkylation sites (tertiary alicyclic amines) is 2. The molecule has 274 valence electrons. The van der Waals surface area contributed by atoms with Crippen LogP contribution in [0.1, 0.15) is 65.6 Å². The molecule has 0 aliphatic carbocycles. The van der Waals surface area contributed by atoms with E-state index in [0.29, 0.717) is 45.7 Å². The maximum atomic E-state index is 12.5. The van der Waals surface area contributed by atoms with Crippen molar-refractivity contribution in [2.75, 3.05) is 26.2 Å². The molecule has 8 rings (SSSR count). The van der Waals surface area contributed by atoms with Gasteiger partial charge in [0.2, 0.25) is 0 Å². The minimum Gasteiger partial charge on any atom is -0.485 e. The first-order valence-electron chi connectivity index (χ1n) is 17.5. The lowest BCUT2D eigenvalue weighted by Crippen LogP contribution is -2.51. The van der Waals surface area contributed by atoms with Crippen LogP contribution in [0.4, 0.5) is 0 Å². The van der Waals surface area contributed by atoms with Crippen molar-refractivity contribution in [3.05, 3.63) is 129 Å². The Labute approximate surface area is 319 Å². The van der Waals surface area contributed by atoms with Crippen LogP contribution in [-0.2, 0) is 13.1 Å². The molecule has 4 aliphatic heterocycles. The molecular formula is C40H43Cl3N4O5. The maximum Gasteiger partial charge on any atom is 0.170 e. The molecule has 0 saturated carbocycles. The van der Waals surface area contributed by atoms with Crippen molar-refractivity contribution in [2.45, 2.75) is 62.8 Å². The first-order chi connectivity index (χ1) is 25.3. The number of carbonyl (C=O) groups is 1. The van der Waals surface area contributed by atoms with Crippen LogP contribution >= 0.6 is 35.0 Å². The number of hydrogen-bond donors (Lipinski definition) is 3. The maximum absolute atomic E-state index is 12.5. The fraction of sp³-hybridized carbons (Fsp3) is 0.350. The van der Waals surface area contributed by atoms with Gasteiger partial charge in [-0.15, -0.1) is 5.00 Å². The largest absolute Gasteiger partial charge is 0.485 e. The average Bonchev–Trinajstić information content (AvgIpc) is 3.16. The summed E-state index contributed by atoms with van der Waals surface area (Å²) >= 11 is 16.9. The zero-order valence-electron chi connectivity index (χ0n) is 28.8. The van der Waals surface area contributed by atoms with Crippen molar-refractivity contribution < 1.29 is 24.7 Å². The topological polar surface area (TPSA) is 107 Å². The number of benzene rings is 4. The minimum absolute atomic E-state index is 0.148. The molecule has 2 saturated heterocycles. The molecule has 0 radical (unpaired) electrons. The van der Waals surface area contributed by atoms with Gasteiger partial charge in [-0.05, 0) is 35.4 Å². The first-order valence-corrected chi connectivity index (χ1v) is 18.6. The van der Waals surface area contributed by atoms with E-state index >= 15 is 0 Å². The summed E-state index contributed by atoms with van der Waals surface area (Å²) in [6.45, 7) is 5.67. The molecule has 4 heterocycles. The molecule has 4 aromatic rings. The second kappa shape index (κ2) is 17.4. The fourth-order valence-electron chi connectivity index (χ4n) is 7.53.